The summed E-state index contributed by atoms with van der Waals surface area (Å²) in [6.45, 7) is 4.82. The van der Waals surface area contributed by atoms with Gasteiger partial charge in [0.05, 0.1) is 11.0 Å². The van der Waals surface area contributed by atoms with Crippen LogP contribution in [0.3, 0.4) is 0 Å². The van der Waals surface area contributed by atoms with Gasteiger partial charge >= 0.3 is 0 Å². The molecule has 0 aliphatic rings. The summed E-state index contributed by atoms with van der Waals surface area (Å²) in [6.07, 6.45) is 1.79. The van der Waals surface area contributed by atoms with Crippen molar-refractivity contribution in [3.05, 3.63) is 60.4 Å². The van der Waals surface area contributed by atoms with Crippen LogP contribution in [0, 0.1) is 5.92 Å². The molecule has 4 heteroatoms. The predicted octanol–water partition coefficient (Wildman–Crippen LogP) is 3.41. The molecule has 0 radical (unpaired) electrons. The minimum Gasteiger partial charge on any atom is -0.352 e. The molecule has 4 nitrogen and oxygen atoms in total. The van der Waals surface area contributed by atoms with Crippen LogP contribution in [0.5, 0.6) is 0 Å². The lowest BCUT2D eigenvalue weighted by Gasteiger charge is -2.08. The van der Waals surface area contributed by atoms with Crippen molar-refractivity contribution in [2.24, 2.45) is 5.92 Å². The second-order valence-corrected chi connectivity index (χ2v) is 5.76. The van der Waals surface area contributed by atoms with E-state index in [9.17, 15) is 4.79 Å². The van der Waals surface area contributed by atoms with Gasteiger partial charge in [-0.2, -0.15) is 0 Å². The van der Waals surface area contributed by atoms with Gasteiger partial charge in [0.15, 0.2) is 0 Å². The number of benzene rings is 2. The fourth-order valence-electron chi connectivity index (χ4n) is 2.35. The van der Waals surface area contributed by atoms with Crippen LogP contribution in [0.25, 0.3) is 16.7 Å². The zero-order valence-electron chi connectivity index (χ0n) is 12.8. The average molecular weight is 293 g/mol. The zero-order chi connectivity index (χ0) is 15.5. The smallest absolute Gasteiger partial charge is 0.251 e. The third-order valence-corrected chi connectivity index (χ3v) is 3.51. The number of hydrogen-bond acceptors (Lipinski definition) is 2. The molecule has 0 bridgehead atoms. The Morgan fingerprint density at radius 3 is 2.68 bits per heavy atom. The monoisotopic (exact) mass is 293 g/mol. The number of aromatic nitrogens is 2. The summed E-state index contributed by atoms with van der Waals surface area (Å²) >= 11 is 0. The van der Waals surface area contributed by atoms with Gasteiger partial charge in [-0.3, -0.25) is 9.36 Å². The van der Waals surface area contributed by atoms with Crippen LogP contribution < -0.4 is 5.32 Å². The molecule has 3 rings (SSSR count). The minimum absolute atomic E-state index is 0.0511. The zero-order valence-corrected chi connectivity index (χ0v) is 12.8. The van der Waals surface area contributed by atoms with Crippen molar-refractivity contribution in [1.29, 1.82) is 0 Å². The van der Waals surface area contributed by atoms with Gasteiger partial charge in [0.2, 0.25) is 0 Å². The maximum Gasteiger partial charge on any atom is 0.251 e. The largest absolute Gasteiger partial charge is 0.352 e. The predicted molar refractivity (Wildman–Crippen MR) is 88.2 cm³/mol. The molecule has 0 aliphatic carbocycles. The molecule has 0 unspecified atom stereocenters. The van der Waals surface area contributed by atoms with E-state index in [-0.39, 0.29) is 5.91 Å². The number of fused-ring (bicyclic) bond motifs is 1. The summed E-state index contributed by atoms with van der Waals surface area (Å²) in [5, 5.41) is 2.93. The molecule has 1 N–H and O–H groups in total. The molecule has 0 fully saturated rings. The van der Waals surface area contributed by atoms with Gasteiger partial charge in [-0.15, -0.1) is 0 Å². The van der Waals surface area contributed by atoms with Crippen molar-refractivity contribution in [3.8, 4) is 5.69 Å². The second-order valence-electron chi connectivity index (χ2n) is 5.76. The van der Waals surface area contributed by atoms with Crippen LogP contribution in [0.2, 0.25) is 0 Å². The first-order valence-electron chi connectivity index (χ1n) is 7.46. The van der Waals surface area contributed by atoms with E-state index in [1.54, 1.807) is 6.33 Å². The number of rotatable bonds is 4. The van der Waals surface area contributed by atoms with Gasteiger partial charge in [0, 0.05) is 17.8 Å². The fraction of sp³-hybridized carbons (Fsp3) is 0.222. The maximum atomic E-state index is 12.1. The Morgan fingerprint density at radius 1 is 1.18 bits per heavy atom. The standard InChI is InChI=1S/C18H19N3O/c1-13(2)11-19-18(22)14-8-9-17-16(10-14)20-12-21(17)15-6-4-3-5-7-15/h3-10,12-13H,11H2,1-2H3,(H,19,22). The lowest BCUT2D eigenvalue weighted by atomic mass is 10.1. The molecule has 0 saturated carbocycles. The number of carbonyl (C=O) groups excluding carboxylic acids is 1. The third kappa shape index (κ3) is 2.86. The van der Waals surface area contributed by atoms with Gasteiger partial charge < -0.3 is 5.32 Å². The van der Waals surface area contributed by atoms with Gasteiger partial charge in [-0.25, -0.2) is 4.98 Å². The topological polar surface area (TPSA) is 46.9 Å². The van der Waals surface area contributed by atoms with Crippen molar-refractivity contribution in [1.82, 2.24) is 14.9 Å². The van der Waals surface area contributed by atoms with Gasteiger partial charge in [-0.1, -0.05) is 32.0 Å². The van der Waals surface area contributed by atoms with Crippen molar-refractivity contribution < 1.29 is 4.79 Å². The number of nitrogens with zero attached hydrogens (tertiary/aromatic N) is 2. The van der Waals surface area contributed by atoms with E-state index in [0.29, 0.717) is 18.0 Å². The molecule has 1 amide bonds. The highest BCUT2D eigenvalue weighted by molar-refractivity contribution is 5.97. The molecule has 0 spiro atoms. The maximum absolute atomic E-state index is 12.1. The Kier molecular flexibility index (Phi) is 3.92. The highest BCUT2D eigenvalue weighted by Crippen LogP contribution is 2.19. The Labute approximate surface area is 129 Å². The first-order valence-corrected chi connectivity index (χ1v) is 7.46. The van der Waals surface area contributed by atoms with Crippen molar-refractivity contribution >= 4 is 16.9 Å². The van der Waals surface area contributed by atoms with Gasteiger partial charge in [0.1, 0.15) is 6.33 Å². The Bertz CT molecular complexity index is 790. The average Bonchev–Trinajstić information content (AvgIpc) is 2.96. The molecule has 1 aromatic heterocycles. The number of para-hydroxylation sites is 1. The van der Waals surface area contributed by atoms with E-state index in [1.165, 1.54) is 0 Å². The molecule has 112 valence electrons. The van der Waals surface area contributed by atoms with Crippen LogP contribution in [0.15, 0.2) is 54.9 Å². The lowest BCUT2D eigenvalue weighted by Crippen LogP contribution is -2.27. The Morgan fingerprint density at radius 2 is 1.95 bits per heavy atom. The molecule has 1 heterocycles. The Balaban J connectivity index is 1.91. The molecule has 2 aromatic carbocycles. The molecular formula is C18H19N3O. The first-order chi connectivity index (χ1) is 10.6. The number of carbonyl (C=O) groups is 1. The summed E-state index contributed by atoms with van der Waals surface area (Å²) < 4.78 is 2.02. The van der Waals surface area contributed by atoms with Crippen LogP contribution in [0.1, 0.15) is 24.2 Å². The quantitative estimate of drug-likeness (QED) is 0.801. The van der Waals surface area contributed by atoms with Crippen LogP contribution in [0.4, 0.5) is 0 Å². The SMILES string of the molecule is CC(C)CNC(=O)c1ccc2c(c1)ncn2-c1ccccc1. The summed E-state index contributed by atoms with van der Waals surface area (Å²) in [5.41, 5.74) is 3.51. The summed E-state index contributed by atoms with van der Waals surface area (Å²) in [7, 11) is 0. The molecule has 0 atom stereocenters. The van der Waals surface area contributed by atoms with E-state index < -0.39 is 0 Å². The van der Waals surface area contributed by atoms with E-state index in [2.05, 4.69) is 24.1 Å². The summed E-state index contributed by atoms with van der Waals surface area (Å²) in [4.78, 5) is 16.5. The highest BCUT2D eigenvalue weighted by Gasteiger charge is 2.10. The number of amides is 1. The lowest BCUT2D eigenvalue weighted by molar-refractivity contribution is 0.0949. The number of imidazole rings is 1. The van der Waals surface area contributed by atoms with Crippen LogP contribution >= 0.6 is 0 Å². The third-order valence-electron chi connectivity index (χ3n) is 3.51. The van der Waals surface area contributed by atoms with Gasteiger partial charge in [-0.05, 0) is 36.2 Å². The Hall–Kier alpha value is -2.62. The van der Waals surface area contributed by atoms with E-state index in [1.807, 2.05) is 53.1 Å². The van der Waals surface area contributed by atoms with E-state index in [4.69, 9.17) is 0 Å². The van der Waals surface area contributed by atoms with Crippen LogP contribution in [-0.4, -0.2) is 22.0 Å². The second kappa shape index (κ2) is 6.02. The number of hydrogen-bond donors (Lipinski definition) is 1. The van der Waals surface area contributed by atoms with E-state index >= 15 is 0 Å². The molecule has 22 heavy (non-hydrogen) atoms. The molecular weight excluding hydrogens is 274 g/mol. The van der Waals surface area contributed by atoms with Crippen LogP contribution in [-0.2, 0) is 0 Å². The van der Waals surface area contributed by atoms with Crippen molar-refractivity contribution in [3.63, 3.8) is 0 Å². The fourth-order valence-corrected chi connectivity index (χ4v) is 2.35. The summed E-state index contributed by atoms with van der Waals surface area (Å²) in [5.74, 6) is 0.384. The van der Waals surface area contributed by atoms with Crippen molar-refractivity contribution in [2.45, 2.75) is 13.8 Å². The number of nitrogens with one attached hydrogen (secondary N) is 1. The normalized spacial score (nSPS) is 11.0. The molecule has 0 saturated heterocycles. The van der Waals surface area contributed by atoms with Crippen molar-refractivity contribution in [2.75, 3.05) is 6.54 Å². The first kappa shape index (κ1) is 14.3. The highest BCUT2D eigenvalue weighted by atomic mass is 16.1. The molecule has 0 aliphatic heterocycles. The van der Waals surface area contributed by atoms with Gasteiger partial charge in [0.25, 0.3) is 5.91 Å². The molecule has 3 aromatic rings. The minimum atomic E-state index is -0.0511. The van der Waals surface area contributed by atoms with E-state index in [0.717, 1.165) is 16.7 Å². The summed E-state index contributed by atoms with van der Waals surface area (Å²) in [6, 6.07) is 15.7.